The molecule has 0 spiro atoms. The maximum atomic E-state index is 4.76. The van der Waals surface area contributed by atoms with Crippen LogP contribution >= 0.6 is 0 Å². The highest BCUT2D eigenvalue weighted by Crippen LogP contribution is 2.21. The monoisotopic (exact) mass is 336 g/mol. The molecule has 8 nitrogen and oxygen atoms in total. The zero-order valence-electron chi connectivity index (χ0n) is 14.4. The third-order valence-electron chi connectivity index (χ3n) is 4.38. The Balaban J connectivity index is 1.49. The maximum absolute atomic E-state index is 4.76. The summed E-state index contributed by atoms with van der Waals surface area (Å²) in [4.78, 5) is 22.4. The molecule has 0 N–H and O–H groups in total. The van der Waals surface area contributed by atoms with E-state index in [-0.39, 0.29) is 0 Å². The van der Waals surface area contributed by atoms with Crippen molar-refractivity contribution >= 4 is 11.6 Å². The number of aromatic nitrogens is 6. The summed E-state index contributed by atoms with van der Waals surface area (Å²) in [6.45, 7) is 5.52. The van der Waals surface area contributed by atoms with Crippen LogP contribution in [-0.2, 0) is 7.05 Å². The average Bonchev–Trinajstić information content (AvgIpc) is 3.09. The van der Waals surface area contributed by atoms with Crippen LogP contribution in [0.4, 0.5) is 11.6 Å². The van der Waals surface area contributed by atoms with Crippen LogP contribution in [0, 0.1) is 6.92 Å². The third kappa shape index (κ3) is 3.15. The fraction of sp³-hybridized carbons (Fsp3) is 0.353. The first-order chi connectivity index (χ1) is 12.2. The van der Waals surface area contributed by atoms with Gasteiger partial charge in [-0.2, -0.15) is 5.10 Å². The molecule has 4 heterocycles. The summed E-state index contributed by atoms with van der Waals surface area (Å²) in [6, 6.07) is 0. The van der Waals surface area contributed by atoms with E-state index in [1.54, 1.807) is 23.3 Å². The molecule has 0 atom stereocenters. The smallest absolute Gasteiger partial charge is 0.150 e. The van der Waals surface area contributed by atoms with Gasteiger partial charge in [0.15, 0.2) is 0 Å². The Hall–Kier alpha value is -3.03. The second kappa shape index (κ2) is 6.46. The summed E-state index contributed by atoms with van der Waals surface area (Å²) in [5.41, 5.74) is 2.79. The first-order valence-corrected chi connectivity index (χ1v) is 8.29. The van der Waals surface area contributed by atoms with Crippen LogP contribution in [0.5, 0.6) is 0 Å². The fourth-order valence-corrected chi connectivity index (χ4v) is 3.06. The Morgan fingerprint density at radius 3 is 2.40 bits per heavy atom. The van der Waals surface area contributed by atoms with Gasteiger partial charge in [0.2, 0.25) is 0 Å². The van der Waals surface area contributed by atoms with Gasteiger partial charge in [-0.3, -0.25) is 14.6 Å². The zero-order chi connectivity index (χ0) is 17.2. The van der Waals surface area contributed by atoms with Crippen molar-refractivity contribution in [2.45, 2.75) is 6.92 Å². The molecule has 128 valence electrons. The molecule has 4 rings (SSSR count). The van der Waals surface area contributed by atoms with Crippen molar-refractivity contribution in [3.63, 3.8) is 0 Å². The van der Waals surface area contributed by atoms with Crippen LogP contribution in [0.25, 0.3) is 11.3 Å². The van der Waals surface area contributed by atoms with Gasteiger partial charge in [0.05, 0.1) is 30.0 Å². The number of anilines is 2. The lowest BCUT2D eigenvalue weighted by Crippen LogP contribution is -2.47. The lowest BCUT2D eigenvalue weighted by atomic mass is 10.2. The van der Waals surface area contributed by atoms with E-state index < -0.39 is 0 Å². The highest BCUT2D eigenvalue weighted by atomic mass is 15.3. The van der Waals surface area contributed by atoms with Gasteiger partial charge < -0.3 is 9.80 Å². The van der Waals surface area contributed by atoms with Gasteiger partial charge in [-0.05, 0) is 6.92 Å². The second-order valence-corrected chi connectivity index (χ2v) is 6.10. The normalized spacial score (nSPS) is 14.8. The van der Waals surface area contributed by atoms with Gasteiger partial charge >= 0.3 is 0 Å². The molecule has 3 aromatic heterocycles. The molecule has 0 radical (unpaired) electrons. The van der Waals surface area contributed by atoms with Crippen LogP contribution < -0.4 is 9.80 Å². The summed E-state index contributed by atoms with van der Waals surface area (Å²) >= 11 is 0. The highest BCUT2D eigenvalue weighted by Gasteiger charge is 2.21. The Kier molecular flexibility index (Phi) is 4.01. The maximum Gasteiger partial charge on any atom is 0.150 e. The second-order valence-electron chi connectivity index (χ2n) is 6.10. The number of nitrogens with zero attached hydrogens (tertiary/aromatic N) is 8. The van der Waals surface area contributed by atoms with Gasteiger partial charge in [-0.15, -0.1) is 0 Å². The number of rotatable bonds is 3. The number of hydrogen-bond acceptors (Lipinski definition) is 7. The van der Waals surface area contributed by atoms with Crippen molar-refractivity contribution in [1.82, 2.24) is 29.7 Å². The Morgan fingerprint density at radius 2 is 1.68 bits per heavy atom. The molecule has 0 amide bonds. The van der Waals surface area contributed by atoms with Crippen LogP contribution in [0.1, 0.15) is 5.69 Å². The van der Waals surface area contributed by atoms with Crippen molar-refractivity contribution in [3.05, 3.63) is 42.9 Å². The van der Waals surface area contributed by atoms with E-state index in [1.165, 1.54) is 0 Å². The van der Waals surface area contributed by atoms with Crippen molar-refractivity contribution in [2.24, 2.45) is 7.05 Å². The lowest BCUT2D eigenvalue weighted by Gasteiger charge is -2.36. The molecular formula is C17H20N8. The predicted octanol–water partition coefficient (Wildman–Crippen LogP) is 1.30. The third-order valence-corrected chi connectivity index (χ3v) is 4.38. The van der Waals surface area contributed by atoms with Gasteiger partial charge in [-0.25, -0.2) is 9.97 Å². The molecule has 0 unspecified atom stereocenters. The molecule has 1 aliphatic heterocycles. The minimum absolute atomic E-state index is 0.845. The van der Waals surface area contributed by atoms with E-state index in [0.717, 1.165) is 54.8 Å². The van der Waals surface area contributed by atoms with E-state index in [2.05, 4.69) is 29.9 Å². The van der Waals surface area contributed by atoms with Crippen molar-refractivity contribution < 1.29 is 0 Å². The largest absolute Gasteiger partial charge is 0.352 e. The molecule has 0 bridgehead atoms. The molecule has 0 saturated carbocycles. The van der Waals surface area contributed by atoms with Gasteiger partial charge in [0.25, 0.3) is 0 Å². The van der Waals surface area contributed by atoms with Crippen LogP contribution in [0.3, 0.4) is 0 Å². The molecule has 8 heteroatoms. The van der Waals surface area contributed by atoms with E-state index in [1.807, 2.05) is 32.6 Å². The summed E-state index contributed by atoms with van der Waals surface area (Å²) < 4.78 is 1.77. The molecular weight excluding hydrogens is 316 g/mol. The zero-order valence-corrected chi connectivity index (χ0v) is 14.4. The minimum atomic E-state index is 0.845. The molecule has 0 aromatic carbocycles. The predicted molar refractivity (Wildman–Crippen MR) is 95.4 cm³/mol. The number of piperazine rings is 1. The van der Waals surface area contributed by atoms with Gasteiger partial charge in [-0.1, -0.05) is 0 Å². The van der Waals surface area contributed by atoms with Gasteiger partial charge in [0, 0.05) is 57.4 Å². The first kappa shape index (κ1) is 15.5. The van der Waals surface area contributed by atoms with Crippen LogP contribution in [0.15, 0.2) is 37.2 Å². The van der Waals surface area contributed by atoms with Crippen molar-refractivity contribution in [2.75, 3.05) is 36.0 Å². The van der Waals surface area contributed by atoms with Crippen LogP contribution in [0.2, 0.25) is 0 Å². The average molecular weight is 336 g/mol. The van der Waals surface area contributed by atoms with Crippen molar-refractivity contribution in [1.29, 1.82) is 0 Å². The number of hydrogen-bond donors (Lipinski definition) is 0. The SMILES string of the molecule is Cc1nccnc1N1CCN(c2cncc(-c3cnn(C)c3)n2)CC1. The standard InChI is InChI=1S/C17H20N8/c1-13-17(20-4-3-19-13)25-7-5-24(6-8-25)16-11-18-10-15(22-16)14-9-21-23(2)12-14/h3-4,9-12H,5-8H2,1-2H3. The molecule has 3 aromatic rings. The summed E-state index contributed by atoms with van der Waals surface area (Å²) in [5, 5.41) is 4.20. The summed E-state index contributed by atoms with van der Waals surface area (Å²) in [5.74, 6) is 1.87. The molecule has 1 saturated heterocycles. The quantitative estimate of drug-likeness (QED) is 0.713. The fourth-order valence-electron chi connectivity index (χ4n) is 3.06. The molecule has 1 fully saturated rings. The molecule has 1 aliphatic rings. The number of aryl methyl sites for hydroxylation is 2. The Bertz CT molecular complexity index is 866. The summed E-state index contributed by atoms with van der Waals surface area (Å²) in [7, 11) is 1.90. The summed E-state index contributed by atoms with van der Waals surface area (Å²) in [6.07, 6.45) is 10.8. The van der Waals surface area contributed by atoms with E-state index in [9.17, 15) is 0 Å². The lowest BCUT2D eigenvalue weighted by molar-refractivity contribution is 0.638. The van der Waals surface area contributed by atoms with Gasteiger partial charge in [0.1, 0.15) is 11.6 Å². The Morgan fingerprint density at radius 1 is 0.920 bits per heavy atom. The van der Waals surface area contributed by atoms with Crippen molar-refractivity contribution in [3.8, 4) is 11.3 Å². The first-order valence-electron chi connectivity index (χ1n) is 8.29. The van der Waals surface area contributed by atoms with Crippen LogP contribution in [-0.4, -0.2) is 55.9 Å². The minimum Gasteiger partial charge on any atom is -0.352 e. The Labute approximate surface area is 146 Å². The molecule has 0 aliphatic carbocycles. The highest BCUT2D eigenvalue weighted by molar-refractivity contribution is 5.58. The van der Waals surface area contributed by atoms with E-state index in [4.69, 9.17) is 4.98 Å². The molecule has 25 heavy (non-hydrogen) atoms. The van der Waals surface area contributed by atoms with E-state index >= 15 is 0 Å². The van der Waals surface area contributed by atoms with E-state index in [0.29, 0.717) is 0 Å². The topological polar surface area (TPSA) is 75.9 Å².